The molecule has 6 heteroatoms. The van der Waals surface area contributed by atoms with Crippen molar-refractivity contribution < 1.29 is 14.3 Å². The van der Waals surface area contributed by atoms with Crippen LogP contribution in [0.15, 0.2) is 30.3 Å². The minimum absolute atomic E-state index is 0.159. The third-order valence-electron chi connectivity index (χ3n) is 4.24. The summed E-state index contributed by atoms with van der Waals surface area (Å²) >= 11 is 0. The molecular formula is C19H23N3O3. The molecule has 1 aliphatic rings. The Morgan fingerprint density at radius 1 is 1.28 bits per heavy atom. The Bertz CT molecular complexity index is 791. The van der Waals surface area contributed by atoms with E-state index in [0.717, 1.165) is 11.3 Å². The van der Waals surface area contributed by atoms with Crippen molar-refractivity contribution in [3.05, 3.63) is 47.3 Å². The van der Waals surface area contributed by atoms with Crippen molar-refractivity contribution in [3.8, 4) is 11.5 Å². The third-order valence-corrected chi connectivity index (χ3v) is 4.24. The normalized spacial score (nSPS) is 13.9. The Morgan fingerprint density at radius 3 is 2.72 bits per heavy atom. The first kappa shape index (κ1) is 17.1. The molecule has 0 bridgehead atoms. The minimum Gasteiger partial charge on any atom is -0.493 e. The smallest absolute Gasteiger partial charge is 0.244 e. The van der Waals surface area contributed by atoms with Gasteiger partial charge in [-0.25, -0.2) is 0 Å². The topological polar surface area (TPSA) is 65.4 Å². The van der Waals surface area contributed by atoms with E-state index in [1.54, 1.807) is 20.3 Å². The van der Waals surface area contributed by atoms with E-state index in [2.05, 4.69) is 16.5 Å². The van der Waals surface area contributed by atoms with Crippen LogP contribution in [0.5, 0.6) is 11.5 Å². The van der Waals surface area contributed by atoms with E-state index in [9.17, 15) is 4.79 Å². The van der Waals surface area contributed by atoms with Crippen LogP contribution in [0.25, 0.3) is 6.08 Å². The summed E-state index contributed by atoms with van der Waals surface area (Å²) in [6, 6.07) is 7.58. The predicted molar refractivity (Wildman–Crippen MR) is 95.6 cm³/mol. The van der Waals surface area contributed by atoms with Gasteiger partial charge < -0.3 is 14.8 Å². The molecule has 0 unspecified atom stereocenters. The second-order valence-electron chi connectivity index (χ2n) is 6.12. The largest absolute Gasteiger partial charge is 0.493 e. The van der Waals surface area contributed by atoms with Crippen molar-refractivity contribution in [2.45, 2.75) is 25.3 Å². The number of methoxy groups -OCH3 is 2. The molecule has 1 aromatic carbocycles. The first-order chi connectivity index (χ1) is 12.1. The zero-order valence-corrected chi connectivity index (χ0v) is 14.8. The summed E-state index contributed by atoms with van der Waals surface area (Å²) < 4.78 is 12.4. The van der Waals surface area contributed by atoms with E-state index in [1.165, 1.54) is 24.6 Å². The zero-order valence-electron chi connectivity index (χ0n) is 14.8. The number of hydrogen-bond acceptors (Lipinski definition) is 4. The van der Waals surface area contributed by atoms with E-state index in [-0.39, 0.29) is 5.91 Å². The molecule has 1 amide bonds. The molecule has 1 fully saturated rings. The van der Waals surface area contributed by atoms with Gasteiger partial charge in [-0.2, -0.15) is 5.10 Å². The number of ether oxygens (including phenoxy) is 2. The monoisotopic (exact) mass is 341 g/mol. The quantitative estimate of drug-likeness (QED) is 0.786. The summed E-state index contributed by atoms with van der Waals surface area (Å²) in [6.45, 7) is 0.426. The molecule has 0 radical (unpaired) electrons. The molecule has 132 valence electrons. The number of carbonyl (C=O) groups excluding carboxylic acids is 1. The van der Waals surface area contributed by atoms with Crippen LogP contribution in [0.3, 0.4) is 0 Å². The van der Waals surface area contributed by atoms with Gasteiger partial charge in [0.2, 0.25) is 5.91 Å². The van der Waals surface area contributed by atoms with Crippen molar-refractivity contribution in [2.24, 2.45) is 7.05 Å². The number of aryl methyl sites for hydroxylation is 1. The molecule has 25 heavy (non-hydrogen) atoms. The molecule has 0 saturated heterocycles. The van der Waals surface area contributed by atoms with E-state index < -0.39 is 0 Å². The number of carbonyl (C=O) groups is 1. The second-order valence-corrected chi connectivity index (χ2v) is 6.12. The fourth-order valence-electron chi connectivity index (χ4n) is 2.76. The third kappa shape index (κ3) is 4.21. The number of nitrogens with one attached hydrogen (secondary N) is 1. The van der Waals surface area contributed by atoms with Gasteiger partial charge in [-0.1, -0.05) is 6.07 Å². The lowest BCUT2D eigenvalue weighted by Gasteiger charge is -2.07. The van der Waals surface area contributed by atoms with Crippen LogP contribution in [0.4, 0.5) is 0 Å². The van der Waals surface area contributed by atoms with Crippen LogP contribution < -0.4 is 14.8 Å². The lowest BCUT2D eigenvalue weighted by atomic mass is 10.2. The second kappa shape index (κ2) is 7.42. The highest BCUT2D eigenvalue weighted by Gasteiger charge is 2.27. The summed E-state index contributed by atoms with van der Waals surface area (Å²) in [6.07, 6.45) is 5.72. The van der Waals surface area contributed by atoms with Crippen molar-refractivity contribution in [1.29, 1.82) is 0 Å². The van der Waals surface area contributed by atoms with E-state index in [0.29, 0.717) is 24.0 Å². The highest BCUT2D eigenvalue weighted by molar-refractivity contribution is 5.91. The molecular weight excluding hydrogens is 318 g/mol. The summed E-state index contributed by atoms with van der Waals surface area (Å²) in [5, 5.41) is 7.31. The molecule has 2 aromatic rings. The SMILES string of the molecule is COc1ccc(/C=C/C(=O)NCc2cc(C3CC3)n(C)n2)cc1OC. The van der Waals surface area contributed by atoms with E-state index in [1.807, 2.05) is 29.9 Å². The number of amides is 1. The van der Waals surface area contributed by atoms with Crippen LogP contribution in [-0.2, 0) is 18.4 Å². The molecule has 0 spiro atoms. The molecule has 1 saturated carbocycles. The lowest BCUT2D eigenvalue weighted by Crippen LogP contribution is -2.20. The van der Waals surface area contributed by atoms with Gasteiger partial charge in [0.05, 0.1) is 26.5 Å². The average molecular weight is 341 g/mol. The summed E-state index contributed by atoms with van der Waals surface area (Å²) in [5.41, 5.74) is 3.00. The number of nitrogens with zero attached hydrogens (tertiary/aromatic N) is 2. The van der Waals surface area contributed by atoms with E-state index >= 15 is 0 Å². The summed E-state index contributed by atoms with van der Waals surface area (Å²) in [4.78, 5) is 12.0. The number of hydrogen-bond donors (Lipinski definition) is 1. The first-order valence-electron chi connectivity index (χ1n) is 8.31. The highest BCUT2D eigenvalue weighted by atomic mass is 16.5. The van der Waals surface area contributed by atoms with Crippen molar-refractivity contribution >= 4 is 12.0 Å². The highest BCUT2D eigenvalue weighted by Crippen LogP contribution is 2.39. The summed E-state index contributed by atoms with van der Waals surface area (Å²) in [5.74, 6) is 1.78. The van der Waals surface area contributed by atoms with Crippen molar-refractivity contribution in [1.82, 2.24) is 15.1 Å². The van der Waals surface area contributed by atoms with Crippen molar-refractivity contribution in [3.63, 3.8) is 0 Å². The van der Waals surface area contributed by atoms with Gasteiger partial charge in [-0.05, 0) is 42.7 Å². The maximum Gasteiger partial charge on any atom is 0.244 e. The van der Waals surface area contributed by atoms with E-state index in [4.69, 9.17) is 9.47 Å². The first-order valence-corrected chi connectivity index (χ1v) is 8.31. The Labute approximate surface area is 147 Å². The van der Waals surface area contributed by atoms with Gasteiger partial charge >= 0.3 is 0 Å². The molecule has 1 aromatic heterocycles. The Kier molecular flexibility index (Phi) is 5.07. The Morgan fingerprint density at radius 2 is 2.04 bits per heavy atom. The molecule has 6 nitrogen and oxygen atoms in total. The van der Waals surface area contributed by atoms with Crippen LogP contribution in [0.1, 0.15) is 35.7 Å². The van der Waals surface area contributed by atoms with Gasteiger partial charge in [-0.3, -0.25) is 9.48 Å². The number of aromatic nitrogens is 2. The van der Waals surface area contributed by atoms with Gasteiger partial charge in [0, 0.05) is 24.7 Å². The number of benzene rings is 1. The fourth-order valence-corrected chi connectivity index (χ4v) is 2.76. The van der Waals surface area contributed by atoms with Crippen molar-refractivity contribution in [2.75, 3.05) is 14.2 Å². The average Bonchev–Trinajstić information content (AvgIpc) is 3.40. The maximum atomic E-state index is 12.0. The number of rotatable bonds is 7. The molecule has 0 aliphatic heterocycles. The van der Waals surface area contributed by atoms with Crippen LogP contribution in [0, 0.1) is 0 Å². The standard InChI is InChI=1S/C19H23N3O3/c1-22-16(14-6-7-14)11-15(21-22)12-20-19(23)9-5-13-4-8-17(24-2)18(10-13)25-3/h4-5,8-11,14H,6-7,12H2,1-3H3,(H,20,23)/b9-5+. The maximum absolute atomic E-state index is 12.0. The minimum atomic E-state index is -0.159. The Hall–Kier alpha value is -2.76. The van der Waals surface area contributed by atoms with Crippen LogP contribution >= 0.6 is 0 Å². The Balaban J connectivity index is 1.57. The molecule has 1 heterocycles. The van der Waals surface area contributed by atoms with Gasteiger partial charge in [0.1, 0.15) is 0 Å². The molecule has 1 N–H and O–H groups in total. The molecule has 3 rings (SSSR count). The molecule has 0 atom stereocenters. The summed E-state index contributed by atoms with van der Waals surface area (Å²) in [7, 11) is 5.13. The molecule has 1 aliphatic carbocycles. The van der Waals surface area contributed by atoms with Gasteiger partial charge in [0.15, 0.2) is 11.5 Å². The lowest BCUT2D eigenvalue weighted by molar-refractivity contribution is -0.116. The van der Waals surface area contributed by atoms with Crippen LogP contribution in [0.2, 0.25) is 0 Å². The van der Waals surface area contributed by atoms with Crippen LogP contribution in [-0.4, -0.2) is 29.9 Å². The predicted octanol–water partition coefficient (Wildman–Crippen LogP) is 2.64. The fraction of sp³-hybridized carbons (Fsp3) is 0.368. The van der Waals surface area contributed by atoms with Gasteiger partial charge in [0.25, 0.3) is 0 Å². The zero-order chi connectivity index (χ0) is 17.8. The van der Waals surface area contributed by atoms with Gasteiger partial charge in [-0.15, -0.1) is 0 Å².